The minimum absolute atomic E-state index is 0.246. The first-order valence-electron chi connectivity index (χ1n) is 10.0. The number of aromatic nitrogens is 2. The van der Waals surface area contributed by atoms with E-state index >= 15 is 0 Å². The Morgan fingerprint density at radius 1 is 1.39 bits per heavy atom. The average Bonchev–Trinajstić information content (AvgIpc) is 3.38. The van der Waals surface area contributed by atoms with Gasteiger partial charge in [0.1, 0.15) is 0 Å². The molecule has 0 amide bonds. The highest BCUT2D eigenvalue weighted by Gasteiger charge is 2.44. The second-order valence-electron chi connectivity index (χ2n) is 8.02. The summed E-state index contributed by atoms with van der Waals surface area (Å²) in [6.45, 7) is 2.98. The molecule has 0 radical (unpaired) electrons. The van der Waals surface area contributed by atoms with E-state index < -0.39 is 0 Å². The van der Waals surface area contributed by atoms with E-state index in [-0.39, 0.29) is 5.41 Å². The second kappa shape index (κ2) is 8.15. The molecular weight excluding hydrogens is 416 g/mol. The lowest BCUT2D eigenvalue weighted by molar-refractivity contribution is 0.466. The maximum atomic E-state index is 4.48. The molecule has 1 unspecified atom stereocenters. The zero-order valence-corrected chi connectivity index (χ0v) is 18.2. The Kier molecular flexibility index (Phi) is 5.62. The van der Waals surface area contributed by atoms with Crippen molar-refractivity contribution >= 4 is 27.6 Å². The summed E-state index contributed by atoms with van der Waals surface area (Å²) in [5, 5.41) is 11.5. The number of benzene rings is 1. The Balaban J connectivity index is 1.33. The molecule has 1 saturated carbocycles. The number of nitrogens with one attached hydrogen (secondary N) is 2. The fourth-order valence-electron chi connectivity index (χ4n) is 4.08. The molecule has 2 N–H and O–H groups in total. The van der Waals surface area contributed by atoms with Gasteiger partial charge in [-0.2, -0.15) is 5.10 Å². The molecule has 1 aliphatic carbocycles. The van der Waals surface area contributed by atoms with Gasteiger partial charge in [0.15, 0.2) is 5.96 Å². The lowest BCUT2D eigenvalue weighted by Gasteiger charge is -2.34. The van der Waals surface area contributed by atoms with Crippen LogP contribution < -0.4 is 15.5 Å². The summed E-state index contributed by atoms with van der Waals surface area (Å²) in [6, 6.07) is 9.09. The molecule has 1 aromatic heterocycles. The third-order valence-corrected chi connectivity index (χ3v) is 6.42. The number of guanidine groups is 1. The topological polar surface area (TPSA) is 57.5 Å². The first-order chi connectivity index (χ1) is 13.6. The van der Waals surface area contributed by atoms with Crippen molar-refractivity contribution in [2.75, 3.05) is 31.6 Å². The molecule has 28 heavy (non-hydrogen) atoms. The van der Waals surface area contributed by atoms with Crippen LogP contribution in [0.4, 0.5) is 5.69 Å². The highest BCUT2D eigenvalue weighted by Crippen LogP contribution is 2.48. The SMILES string of the molecule is CN=C(NCC1(c2cccc(Br)c2)CC1)NC1CCCN(c2cnn(C)c2)C1. The molecule has 0 bridgehead atoms. The molecule has 1 atom stereocenters. The number of hydrogen-bond donors (Lipinski definition) is 2. The first kappa shape index (κ1) is 19.3. The van der Waals surface area contributed by atoms with E-state index in [1.165, 1.54) is 30.5 Å². The van der Waals surface area contributed by atoms with Gasteiger partial charge in [-0.25, -0.2) is 0 Å². The van der Waals surface area contributed by atoms with Gasteiger partial charge in [-0.3, -0.25) is 9.67 Å². The van der Waals surface area contributed by atoms with Crippen molar-refractivity contribution in [2.45, 2.75) is 37.1 Å². The number of aryl methyl sites for hydroxylation is 1. The molecule has 6 nitrogen and oxygen atoms in total. The van der Waals surface area contributed by atoms with Gasteiger partial charge in [-0.15, -0.1) is 0 Å². The van der Waals surface area contributed by atoms with Crippen LogP contribution in [0.2, 0.25) is 0 Å². The highest BCUT2D eigenvalue weighted by molar-refractivity contribution is 9.10. The van der Waals surface area contributed by atoms with E-state index in [9.17, 15) is 0 Å². The zero-order valence-electron chi connectivity index (χ0n) is 16.7. The van der Waals surface area contributed by atoms with Crippen LogP contribution in [0, 0.1) is 0 Å². The van der Waals surface area contributed by atoms with Crippen molar-refractivity contribution in [1.29, 1.82) is 0 Å². The third-order valence-electron chi connectivity index (χ3n) is 5.93. The molecule has 1 saturated heterocycles. The molecule has 150 valence electrons. The van der Waals surface area contributed by atoms with Crippen LogP contribution in [0.3, 0.4) is 0 Å². The van der Waals surface area contributed by atoms with Crippen molar-refractivity contribution < 1.29 is 0 Å². The maximum absolute atomic E-state index is 4.48. The van der Waals surface area contributed by atoms with Gasteiger partial charge in [-0.05, 0) is 43.4 Å². The van der Waals surface area contributed by atoms with Gasteiger partial charge in [0.25, 0.3) is 0 Å². The van der Waals surface area contributed by atoms with E-state index in [1.807, 2.05) is 25.0 Å². The number of hydrogen-bond acceptors (Lipinski definition) is 3. The standard InChI is InChI=1S/C21H29BrN6/c1-23-20(24-15-21(8-9-21)16-5-3-6-17(22)11-16)26-18-7-4-10-28(13-18)19-12-25-27(2)14-19/h3,5-6,11-12,14,18H,4,7-10,13,15H2,1-2H3,(H2,23,24,26). The Morgan fingerprint density at radius 3 is 2.93 bits per heavy atom. The largest absolute Gasteiger partial charge is 0.367 e. The normalized spacial score (nSPS) is 21.5. The summed E-state index contributed by atoms with van der Waals surface area (Å²) in [5.74, 6) is 0.902. The number of anilines is 1. The number of nitrogens with zero attached hydrogens (tertiary/aromatic N) is 4. The number of halogens is 1. The molecule has 7 heteroatoms. The Hall–Kier alpha value is -2.02. The lowest BCUT2D eigenvalue weighted by atomic mass is 9.96. The third kappa shape index (κ3) is 4.35. The summed E-state index contributed by atoms with van der Waals surface area (Å²) in [7, 11) is 3.82. The van der Waals surface area contributed by atoms with E-state index in [4.69, 9.17) is 0 Å². The van der Waals surface area contributed by atoms with Crippen LogP contribution >= 0.6 is 15.9 Å². The Labute approximate surface area is 175 Å². The number of aliphatic imine (C=N–C) groups is 1. The zero-order chi connectivity index (χ0) is 19.6. The molecule has 1 aliphatic heterocycles. The van der Waals surface area contributed by atoms with E-state index in [2.05, 4.69) is 72.0 Å². The van der Waals surface area contributed by atoms with Crippen molar-refractivity contribution in [3.05, 3.63) is 46.7 Å². The van der Waals surface area contributed by atoms with Crippen molar-refractivity contribution in [2.24, 2.45) is 12.0 Å². The molecule has 0 spiro atoms. The molecular formula is C21H29BrN6. The summed E-state index contributed by atoms with van der Waals surface area (Å²) < 4.78 is 3.01. The van der Waals surface area contributed by atoms with Gasteiger partial charge in [0.2, 0.25) is 0 Å². The number of rotatable bonds is 5. The van der Waals surface area contributed by atoms with Crippen molar-refractivity contribution in [3.63, 3.8) is 0 Å². The fourth-order valence-corrected chi connectivity index (χ4v) is 4.48. The van der Waals surface area contributed by atoms with Crippen molar-refractivity contribution in [1.82, 2.24) is 20.4 Å². The summed E-state index contributed by atoms with van der Waals surface area (Å²) >= 11 is 3.60. The van der Waals surface area contributed by atoms with Crippen LogP contribution in [0.25, 0.3) is 0 Å². The minimum Gasteiger partial charge on any atom is -0.367 e. The minimum atomic E-state index is 0.246. The summed E-state index contributed by atoms with van der Waals surface area (Å²) in [4.78, 5) is 6.88. The smallest absolute Gasteiger partial charge is 0.191 e. The fraction of sp³-hybridized carbons (Fsp3) is 0.524. The van der Waals surface area contributed by atoms with Crippen LogP contribution in [0.5, 0.6) is 0 Å². The first-order valence-corrected chi connectivity index (χ1v) is 10.8. The van der Waals surface area contributed by atoms with Crippen molar-refractivity contribution in [3.8, 4) is 0 Å². The molecule has 4 rings (SSSR count). The summed E-state index contributed by atoms with van der Waals surface area (Å²) in [6.07, 6.45) is 8.83. The van der Waals surface area contributed by atoms with Gasteiger partial charge < -0.3 is 15.5 Å². The van der Waals surface area contributed by atoms with E-state index in [1.54, 1.807) is 0 Å². The van der Waals surface area contributed by atoms with Crippen LogP contribution in [0.15, 0.2) is 46.1 Å². The van der Waals surface area contributed by atoms with E-state index in [0.717, 1.165) is 36.5 Å². The monoisotopic (exact) mass is 444 g/mol. The van der Waals surface area contributed by atoms with Gasteiger partial charge in [0, 0.05) is 55.9 Å². The Bertz CT molecular complexity index is 841. The molecule has 2 heterocycles. The predicted molar refractivity (Wildman–Crippen MR) is 118 cm³/mol. The molecule has 2 aliphatic rings. The van der Waals surface area contributed by atoms with E-state index in [0.29, 0.717) is 6.04 Å². The average molecular weight is 445 g/mol. The number of piperidine rings is 1. The highest BCUT2D eigenvalue weighted by atomic mass is 79.9. The van der Waals surface area contributed by atoms with Gasteiger partial charge in [0.05, 0.1) is 11.9 Å². The van der Waals surface area contributed by atoms with Gasteiger partial charge >= 0.3 is 0 Å². The Morgan fingerprint density at radius 2 is 2.25 bits per heavy atom. The van der Waals surface area contributed by atoms with Crippen LogP contribution in [0.1, 0.15) is 31.2 Å². The molecule has 1 aromatic carbocycles. The second-order valence-corrected chi connectivity index (χ2v) is 8.93. The lowest BCUT2D eigenvalue weighted by Crippen LogP contribution is -2.52. The van der Waals surface area contributed by atoms with Crippen LogP contribution in [-0.2, 0) is 12.5 Å². The molecule has 2 aromatic rings. The molecule has 2 fully saturated rings. The van der Waals surface area contributed by atoms with Crippen LogP contribution in [-0.4, -0.2) is 48.5 Å². The predicted octanol–water partition coefficient (Wildman–Crippen LogP) is 3.05. The quantitative estimate of drug-likeness (QED) is 0.549. The maximum Gasteiger partial charge on any atom is 0.191 e. The van der Waals surface area contributed by atoms with Gasteiger partial charge in [-0.1, -0.05) is 28.1 Å². The summed E-state index contributed by atoms with van der Waals surface area (Å²) in [5.41, 5.74) is 2.85.